The molecule has 0 atom stereocenters. The Labute approximate surface area is 121 Å². The van der Waals surface area contributed by atoms with Crippen LogP contribution in [0.3, 0.4) is 0 Å². The van der Waals surface area contributed by atoms with E-state index in [0.29, 0.717) is 23.0 Å². The zero-order chi connectivity index (χ0) is 14.9. The van der Waals surface area contributed by atoms with Crippen LogP contribution < -0.4 is 16.2 Å². The van der Waals surface area contributed by atoms with Crippen LogP contribution in [0.4, 0.5) is 0 Å². The SMILES string of the molecule is NC(=O)COc1ccccc1-c1nc(C2(N)CCC2)no1. The van der Waals surface area contributed by atoms with Crippen LogP contribution in [0.1, 0.15) is 25.1 Å². The third-order valence-electron chi connectivity index (χ3n) is 3.60. The molecule has 21 heavy (non-hydrogen) atoms. The van der Waals surface area contributed by atoms with Crippen molar-refractivity contribution in [3.8, 4) is 17.2 Å². The quantitative estimate of drug-likeness (QED) is 0.845. The number of aromatic nitrogens is 2. The molecule has 7 nitrogen and oxygen atoms in total. The van der Waals surface area contributed by atoms with Crippen molar-refractivity contribution < 1.29 is 14.1 Å². The highest BCUT2D eigenvalue weighted by molar-refractivity contribution is 5.75. The number of amides is 1. The molecule has 3 rings (SSSR count). The summed E-state index contributed by atoms with van der Waals surface area (Å²) in [7, 11) is 0. The van der Waals surface area contributed by atoms with E-state index in [1.807, 2.05) is 6.07 Å². The number of nitrogens with two attached hydrogens (primary N) is 2. The summed E-state index contributed by atoms with van der Waals surface area (Å²) in [6, 6.07) is 7.09. The molecule has 0 spiro atoms. The minimum atomic E-state index is -0.550. The first kappa shape index (κ1) is 13.6. The molecule has 1 fully saturated rings. The number of ether oxygens (including phenoxy) is 1. The average molecular weight is 288 g/mol. The summed E-state index contributed by atoms with van der Waals surface area (Å²) in [5.74, 6) is 0.743. The first-order valence-corrected chi connectivity index (χ1v) is 6.72. The normalized spacial score (nSPS) is 16.2. The van der Waals surface area contributed by atoms with Gasteiger partial charge in [0.25, 0.3) is 11.8 Å². The lowest BCUT2D eigenvalue weighted by atomic mass is 9.77. The van der Waals surface area contributed by atoms with E-state index in [1.165, 1.54) is 0 Å². The highest BCUT2D eigenvalue weighted by Crippen LogP contribution is 2.38. The summed E-state index contributed by atoms with van der Waals surface area (Å²) in [5, 5.41) is 3.96. The van der Waals surface area contributed by atoms with Crippen molar-refractivity contribution in [2.75, 3.05) is 6.61 Å². The smallest absolute Gasteiger partial charge is 0.261 e. The monoisotopic (exact) mass is 288 g/mol. The maximum atomic E-state index is 10.8. The van der Waals surface area contributed by atoms with Crippen molar-refractivity contribution in [1.29, 1.82) is 0 Å². The molecule has 1 aromatic carbocycles. The molecular formula is C14H16N4O3. The molecule has 0 aliphatic heterocycles. The summed E-state index contributed by atoms with van der Waals surface area (Å²) in [6.45, 7) is -0.209. The second-order valence-corrected chi connectivity index (χ2v) is 5.18. The Balaban J connectivity index is 1.88. The van der Waals surface area contributed by atoms with E-state index >= 15 is 0 Å². The first-order valence-electron chi connectivity index (χ1n) is 6.72. The molecule has 7 heteroatoms. The number of hydrogen-bond acceptors (Lipinski definition) is 6. The molecule has 1 saturated carbocycles. The van der Waals surface area contributed by atoms with E-state index in [0.717, 1.165) is 19.3 Å². The number of primary amides is 1. The fourth-order valence-corrected chi connectivity index (χ4v) is 2.23. The van der Waals surface area contributed by atoms with Crippen LogP contribution in [0.5, 0.6) is 5.75 Å². The number of benzene rings is 1. The number of rotatable bonds is 5. The predicted octanol–water partition coefficient (Wildman–Crippen LogP) is 0.939. The molecule has 110 valence electrons. The minimum absolute atomic E-state index is 0.209. The topological polar surface area (TPSA) is 117 Å². The lowest BCUT2D eigenvalue weighted by Gasteiger charge is -2.34. The van der Waals surface area contributed by atoms with Crippen LogP contribution in [0.25, 0.3) is 11.5 Å². The van der Waals surface area contributed by atoms with E-state index in [9.17, 15) is 4.79 Å². The largest absolute Gasteiger partial charge is 0.483 e. The number of hydrogen-bond donors (Lipinski definition) is 2. The zero-order valence-electron chi connectivity index (χ0n) is 11.4. The van der Waals surface area contributed by atoms with E-state index in [2.05, 4.69) is 10.1 Å². The van der Waals surface area contributed by atoms with Gasteiger partial charge in [-0.05, 0) is 31.4 Å². The third-order valence-corrected chi connectivity index (χ3v) is 3.60. The van der Waals surface area contributed by atoms with Gasteiger partial charge in [-0.2, -0.15) is 4.98 Å². The van der Waals surface area contributed by atoms with Gasteiger partial charge in [-0.3, -0.25) is 4.79 Å². The third kappa shape index (κ3) is 2.59. The first-order chi connectivity index (χ1) is 10.1. The molecule has 1 amide bonds. The van der Waals surface area contributed by atoms with Gasteiger partial charge >= 0.3 is 0 Å². The van der Waals surface area contributed by atoms with Gasteiger partial charge < -0.3 is 20.7 Å². The molecule has 4 N–H and O–H groups in total. The molecule has 0 radical (unpaired) electrons. The molecule has 1 aliphatic carbocycles. The highest BCUT2D eigenvalue weighted by atomic mass is 16.5. The van der Waals surface area contributed by atoms with Crippen molar-refractivity contribution in [3.05, 3.63) is 30.1 Å². The summed E-state index contributed by atoms with van der Waals surface area (Å²) < 4.78 is 10.6. The van der Waals surface area contributed by atoms with Gasteiger partial charge in [0.1, 0.15) is 5.75 Å². The Hall–Kier alpha value is -2.41. The molecule has 2 aromatic rings. The van der Waals surface area contributed by atoms with E-state index in [1.54, 1.807) is 18.2 Å². The molecule has 0 bridgehead atoms. The highest BCUT2D eigenvalue weighted by Gasteiger charge is 2.39. The summed E-state index contributed by atoms with van der Waals surface area (Å²) >= 11 is 0. The van der Waals surface area contributed by atoms with Gasteiger partial charge in [0.15, 0.2) is 12.4 Å². The summed E-state index contributed by atoms with van der Waals surface area (Å²) in [5.41, 5.74) is 11.4. The van der Waals surface area contributed by atoms with Crippen molar-refractivity contribution in [2.24, 2.45) is 11.5 Å². The van der Waals surface area contributed by atoms with E-state index < -0.39 is 11.4 Å². The van der Waals surface area contributed by atoms with Gasteiger partial charge in [-0.15, -0.1) is 0 Å². The Morgan fingerprint density at radius 3 is 2.81 bits per heavy atom. The number of para-hydroxylation sites is 1. The van der Waals surface area contributed by atoms with E-state index in [-0.39, 0.29) is 6.61 Å². The Kier molecular flexibility index (Phi) is 3.34. The van der Waals surface area contributed by atoms with Crippen LogP contribution in [0.15, 0.2) is 28.8 Å². The Bertz CT molecular complexity index is 664. The maximum absolute atomic E-state index is 10.8. The predicted molar refractivity (Wildman–Crippen MR) is 74.1 cm³/mol. The molecule has 1 heterocycles. The fraction of sp³-hybridized carbons (Fsp3) is 0.357. The van der Waals surface area contributed by atoms with Crippen LogP contribution in [0, 0.1) is 0 Å². The lowest BCUT2D eigenvalue weighted by molar-refractivity contribution is -0.119. The van der Waals surface area contributed by atoms with Gasteiger partial charge in [0.05, 0.1) is 11.1 Å². The Morgan fingerprint density at radius 2 is 2.14 bits per heavy atom. The average Bonchev–Trinajstić information content (AvgIpc) is 2.92. The zero-order valence-corrected chi connectivity index (χ0v) is 11.4. The molecular weight excluding hydrogens is 272 g/mol. The minimum Gasteiger partial charge on any atom is -0.483 e. The molecule has 0 unspecified atom stereocenters. The number of nitrogens with zero attached hydrogens (tertiary/aromatic N) is 2. The van der Waals surface area contributed by atoms with Gasteiger partial charge in [0, 0.05) is 0 Å². The second-order valence-electron chi connectivity index (χ2n) is 5.18. The van der Waals surface area contributed by atoms with Crippen molar-refractivity contribution in [2.45, 2.75) is 24.8 Å². The van der Waals surface area contributed by atoms with Crippen LogP contribution in [0.2, 0.25) is 0 Å². The fourth-order valence-electron chi connectivity index (χ4n) is 2.23. The molecule has 0 saturated heterocycles. The lowest BCUT2D eigenvalue weighted by Crippen LogP contribution is -2.44. The second kappa shape index (κ2) is 5.17. The van der Waals surface area contributed by atoms with Crippen molar-refractivity contribution in [3.63, 3.8) is 0 Å². The van der Waals surface area contributed by atoms with Gasteiger partial charge in [-0.25, -0.2) is 0 Å². The standard InChI is InChI=1S/C14H16N4O3/c15-11(19)8-20-10-5-2-1-4-9(10)12-17-13(18-21-12)14(16)6-3-7-14/h1-2,4-5H,3,6-8,16H2,(H2,15,19). The van der Waals surface area contributed by atoms with Crippen LogP contribution in [-0.4, -0.2) is 22.7 Å². The Morgan fingerprint density at radius 1 is 1.38 bits per heavy atom. The maximum Gasteiger partial charge on any atom is 0.261 e. The number of carbonyl (C=O) groups is 1. The summed E-state index contributed by atoms with van der Waals surface area (Å²) in [6.07, 6.45) is 2.77. The number of carbonyl (C=O) groups excluding carboxylic acids is 1. The molecule has 1 aliphatic rings. The summed E-state index contributed by atoms with van der Waals surface area (Å²) in [4.78, 5) is 15.2. The van der Waals surface area contributed by atoms with Crippen molar-refractivity contribution >= 4 is 5.91 Å². The van der Waals surface area contributed by atoms with Crippen molar-refractivity contribution in [1.82, 2.24) is 10.1 Å². The van der Waals surface area contributed by atoms with E-state index in [4.69, 9.17) is 20.7 Å². The van der Waals surface area contributed by atoms with Gasteiger partial charge in [-0.1, -0.05) is 17.3 Å². The molecule has 1 aromatic heterocycles. The van der Waals surface area contributed by atoms with Gasteiger partial charge in [0.2, 0.25) is 0 Å². The van der Waals surface area contributed by atoms with Crippen LogP contribution in [-0.2, 0) is 10.3 Å². The van der Waals surface area contributed by atoms with Crippen LogP contribution >= 0.6 is 0 Å².